The van der Waals surface area contributed by atoms with E-state index in [0.29, 0.717) is 50.2 Å². The van der Waals surface area contributed by atoms with E-state index in [1.54, 1.807) is 58.4 Å². The van der Waals surface area contributed by atoms with Crippen LogP contribution < -0.4 is 33.8 Å². The molecule has 1 aliphatic heterocycles. The van der Waals surface area contributed by atoms with Gasteiger partial charge in [0.05, 0.1) is 50.3 Å². The normalized spacial score (nSPS) is 15.0. The molecule has 0 amide bonds. The first kappa shape index (κ1) is 27.0. The second kappa shape index (κ2) is 11.6. The number of carbonyl (C=O) groups is 1. The Morgan fingerprint density at radius 1 is 1.00 bits per heavy atom. The first-order valence-electron chi connectivity index (χ1n) is 12.1. The summed E-state index contributed by atoms with van der Waals surface area (Å²) in [7, 11) is 4.66. The zero-order chi connectivity index (χ0) is 27.4. The number of thiazole rings is 1. The molecule has 10 heteroatoms. The van der Waals surface area contributed by atoms with Crippen molar-refractivity contribution in [2.45, 2.75) is 26.8 Å². The summed E-state index contributed by atoms with van der Waals surface area (Å²) in [6.07, 6.45) is 1.78. The molecule has 0 saturated carbocycles. The summed E-state index contributed by atoms with van der Waals surface area (Å²) in [5, 5.41) is 0. The Kier molecular flexibility index (Phi) is 8.21. The Hall–Kier alpha value is -4.05. The van der Waals surface area contributed by atoms with Gasteiger partial charge >= 0.3 is 5.97 Å². The Balaban J connectivity index is 1.95. The number of esters is 1. The Bertz CT molecular complexity index is 1570. The number of methoxy groups -OCH3 is 3. The largest absolute Gasteiger partial charge is 0.497 e. The number of benzene rings is 2. The van der Waals surface area contributed by atoms with Crippen molar-refractivity contribution in [1.82, 2.24) is 4.57 Å². The van der Waals surface area contributed by atoms with E-state index in [9.17, 15) is 9.59 Å². The molecular formula is C28H30N2O7S. The van der Waals surface area contributed by atoms with Crippen molar-refractivity contribution in [3.63, 3.8) is 0 Å². The zero-order valence-electron chi connectivity index (χ0n) is 22.2. The first-order chi connectivity index (χ1) is 18.4. The number of rotatable bonds is 9. The maximum absolute atomic E-state index is 13.9. The van der Waals surface area contributed by atoms with Crippen molar-refractivity contribution in [2.24, 2.45) is 4.99 Å². The molecule has 38 heavy (non-hydrogen) atoms. The summed E-state index contributed by atoms with van der Waals surface area (Å²) < 4.78 is 29.4. The molecule has 0 saturated heterocycles. The van der Waals surface area contributed by atoms with Gasteiger partial charge < -0.3 is 23.7 Å². The fourth-order valence-electron chi connectivity index (χ4n) is 4.33. The SMILES string of the molecule is CCOC(=O)C1=C(C)N=c2s/c(=C\c3ccc(OC)c(OCC)c3)c(=O)n2[C@@H]1c1ccc(OC)cc1OC. The quantitative estimate of drug-likeness (QED) is 0.386. The highest BCUT2D eigenvalue weighted by atomic mass is 32.1. The van der Waals surface area contributed by atoms with Crippen LogP contribution >= 0.6 is 11.3 Å². The number of nitrogens with zero attached hydrogens (tertiary/aromatic N) is 2. The van der Waals surface area contributed by atoms with Gasteiger partial charge in [0.1, 0.15) is 17.5 Å². The summed E-state index contributed by atoms with van der Waals surface area (Å²) in [6, 6.07) is 9.92. The molecule has 200 valence electrons. The second-order valence-corrected chi connectivity index (χ2v) is 9.26. The average Bonchev–Trinajstić information content (AvgIpc) is 3.22. The fraction of sp³-hybridized carbons (Fsp3) is 0.321. The Morgan fingerprint density at radius 2 is 1.76 bits per heavy atom. The lowest BCUT2D eigenvalue weighted by molar-refractivity contribution is -0.139. The van der Waals surface area contributed by atoms with E-state index >= 15 is 0 Å². The molecule has 3 aromatic rings. The van der Waals surface area contributed by atoms with Crippen LogP contribution in [-0.4, -0.2) is 45.1 Å². The maximum Gasteiger partial charge on any atom is 0.338 e. The lowest BCUT2D eigenvalue weighted by atomic mass is 9.95. The topological polar surface area (TPSA) is 97.6 Å². The summed E-state index contributed by atoms with van der Waals surface area (Å²) in [5.41, 5.74) is 1.83. The molecule has 0 unspecified atom stereocenters. The third-order valence-electron chi connectivity index (χ3n) is 6.04. The number of aromatic nitrogens is 1. The van der Waals surface area contributed by atoms with Crippen LogP contribution in [0, 0.1) is 0 Å². The van der Waals surface area contributed by atoms with Crippen LogP contribution in [0.1, 0.15) is 37.9 Å². The number of hydrogen-bond acceptors (Lipinski definition) is 9. The van der Waals surface area contributed by atoms with Gasteiger partial charge in [0.25, 0.3) is 5.56 Å². The van der Waals surface area contributed by atoms with Crippen molar-refractivity contribution in [3.8, 4) is 23.0 Å². The first-order valence-corrected chi connectivity index (χ1v) is 12.9. The van der Waals surface area contributed by atoms with Gasteiger partial charge in [-0.25, -0.2) is 9.79 Å². The van der Waals surface area contributed by atoms with Crippen LogP contribution in [-0.2, 0) is 9.53 Å². The molecule has 9 nitrogen and oxygen atoms in total. The van der Waals surface area contributed by atoms with E-state index in [0.717, 1.165) is 5.56 Å². The monoisotopic (exact) mass is 538 g/mol. The van der Waals surface area contributed by atoms with Crippen molar-refractivity contribution in [1.29, 1.82) is 0 Å². The van der Waals surface area contributed by atoms with Crippen LogP contribution in [0.2, 0.25) is 0 Å². The molecule has 0 aliphatic carbocycles. The van der Waals surface area contributed by atoms with Gasteiger partial charge in [0, 0.05) is 11.6 Å². The molecule has 1 atom stereocenters. The minimum absolute atomic E-state index is 0.187. The number of hydrogen-bond donors (Lipinski definition) is 0. The summed E-state index contributed by atoms with van der Waals surface area (Å²) >= 11 is 1.24. The van der Waals surface area contributed by atoms with E-state index in [-0.39, 0.29) is 17.7 Å². The van der Waals surface area contributed by atoms with E-state index in [1.807, 2.05) is 19.1 Å². The molecule has 0 radical (unpaired) electrons. The minimum Gasteiger partial charge on any atom is -0.497 e. The van der Waals surface area contributed by atoms with E-state index < -0.39 is 12.0 Å². The summed E-state index contributed by atoms with van der Waals surface area (Å²) in [6.45, 7) is 6.02. The lowest BCUT2D eigenvalue weighted by Gasteiger charge is -2.26. The van der Waals surface area contributed by atoms with Gasteiger partial charge in [-0.05, 0) is 56.7 Å². The highest BCUT2D eigenvalue weighted by Gasteiger charge is 2.35. The number of fused-ring (bicyclic) bond motifs is 1. The smallest absolute Gasteiger partial charge is 0.338 e. The molecule has 1 aliphatic rings. The Morgan fingerprint density at radius 3 is 2.42 bits per heavy atom. The van der Waals surface area contributed by atoms with Crippen LogP contribution in [0.15, 0.2) is 57.5 Å². The molecule has 2 heterocycles. The summed E-state index contributed by atoms with van der Waals surface area (Å²) in [5.74, 6) is 1.70. The van der Waals surface area contributed by atoms with Gasteiger partial charge in [-0.15, -0.1) is 0 Å². The molecular weight excluding hydrogens is 508 g/mol. The van der Waals surface area contributed by atoms with Crippen molar-refractivity contribution in [3.05, 3.63) is 78.5 Å². The molecule has 2 aromatic carbocycles. The van der Waals surface area contributed by atoms with Gasteiger partial charge in [0.2, 0.25) is 0 Å². The van der Waals surface area contributed by atoms with Crippen LogP contribution in [0.25, 0.3) is 6.08 Å². The average molecular weight is 539 g/mol. The number of ether oxygens (including phenoxy) is 5. The van der Waals surface area contributed by atoms with Gasteiger partial charge in [-0.1, -0.05) is 17.4 Å². The molecule has 0 N–H and O–H groups in total. The van der Waals surface area contributed by atoms with E-state index in [2.05, 4.69) is 4.99 Å². The Labute approximate surface area is 224 Å². The van der Waals surface area contributed by atoms with Crippen LogP contribution in [0.4, 0.5) is 0 Å². The highest BCUT2D eigenvalue weighted by molar-refractivity contribution is 7.07. The molecule has 1 aromatic heterocycles. The standard InChI is InChI=1S/C28H30N2O7S/c1-7-36-22-13-17(9-12-20(22)34-5)14-23-26(31)30-25(19-11-10-18(33-4)15-21(19)35-6)24(27(32)37-8-2)16(3)29-28(30)38-23/h9-15,25H,7-8H2,1-6H3/b23-14-/t25-/m1/s1. The number of carbonyl (C=O) groups excluding carboxylic acids is 1. The number of allylic oxidation sites excluding steroid dienone is 1. The van der Waals surface area contributed by atoms with Gasteiger partial charge in [-0.3, -0.25) is 9.36 Å². The van der Waals surface area contributed by atoms with Crippen molar-refractivity contribution < 1.29 is 28.5 Å². The highest BCUT2D eigenvalue weighted by Crippen LogP contribution is 2.37. The van der Waals surface area contributed by atoms with Gasteiger partial charge in [-0.2, -0.15) is 0 Å². The van der Waals surface area contributed by atoms with Crippen molar-refractivity contribution >= 4 is 23.4 Å². The lowest BCUT2D eigenvalue weighted by Crippen LogP contribution is -2.40. The van der Waals surface area contributed by atoms with Gasteiger partial charge in [0.15, 0.2) is 16.3 Å². The molecule has 0 spiro atoms. The predicted octanol–water partition coefficient (Wildman–Crippen LogP) is 3.22. The van der Waals surface area contributed by atoms with E-state index in [1.165, 1.54) is 23.0 Å². The maximum atomic E-state index is 13.9. The van der Waals surface area contributed by atoms with Crippen LogP contribution in [0.3, 0.4) is 0 Å². The third-order valence-corrected chi connectivity index (χ3v) is 7.02. The van der Waals surface area contributed by atoms with Crippen molar-refractivity contribution in [2.75, 3.05) is 34.5 Å². The minimum atomic E-state index is -0.803. The molecule has 0 bridgehead atoms. The van der Waals surface area contributed by atoms with Crippen LogP contribution in [0.5, 0.6) is 23.0 Å². The molecule has 0 fully saturated rings. The second-order valence-electron chi connectivity index (χ2n) is 8.25. The molecule has 4 rings (SSSR count). The summed E-state index contributed by atoms with van der Waals surface area (Å²) in [4.78, 5) is 32.1. The zero-order valence-corrected chi connectivity index (χ0v) is 23.0. The van der Waals surface area contributed by atoms with E-state index in [4.69, 9.17) is 23.7 Å². The predicted molar refractivity (Wildman–Crippen MR) is 144 cm³/mol. The fourth-order valence-corrected chi connectivity index (χ4v) is 5.38. The third kappa shape index (κ3) is 5.04.